The van der Waals surface area contributed by atoms with Crippen LogP contribution in [0.5, 0.6) is 0 Å². The number of nitrogens with one attached hydrogen (secondary N) is 2. The number of rotatable bonds is 3. The van der Waals surface area contributed by atoms with Crippen molar-refractivity contribution < 1.29 is 5.11 Å². The first-order valence-electron chi connectivity index (χ1n) is 4.97. The smallest absolute Gasteiger partial charge is 0.171 e. The predicted octanol–water partition coefficient (Wildman–Crippen LogP) is 2.32. The highest BCUT2D eigenvalue weighted by Crippen LogP contribution is 2.19. The molecule has 0 amide bonds. The number of thiocarbonyl (C=S) groups is 1. The standard InChI is InChI=1S/C11H15ClN2OS/c1-7-3-4-9(12)5-10(7)14-11(16)13-8(2)6-15/h3-5,8,15H,6H2,1-2H3,(H2,13,14,16)/t8-/m1/s1. The summed E-state index contributed by atoms with van der Waals surface area (Å²) in [7, 11) is 0. The van der Waals surface area contributed by atoms with Crippen LogP contribution >= 0.6 is 23.8 Å². The average molecular weight is 259 g/mol. The lowest BCUT2D eigenvalue weighted by atomic mass is 10.2. The van der Waals surface area contributed by atoms with Crippen molar-refractivity contribution in [1.29, 1.82) is 0 Å². The average Bonchev–Trinajstić information content (AvgIpc) is 2.23. The van der Waals surface area contributed by atoms with Crippen LogP contribution in [0, 0.1) is 6.92 Å². The van der Waals surface area contributed by atoms with Gasteiger partial charge in [-0.15, -0.1) is 0 Å². The summed E-state index contributed by atoms with van der Waals surface area (Å²) in [4.78, 5) is 0. The Kier molecular flexibility index (Phi) is 4.99. The molecular formula is C11H15ClN2OS. The summed E-state index contributed by atoms with van der Waals surface area (Å²) in [5.41, 5.74) is 1.93. The molecule has 3 nitrogen and oxygen atoms in total. The van der Waals surface area contributed by atoms with Crippen molar-refractivity contribution in [3.63, 3.8) is 0 Å². The Balaban J connectivity index is 2.65. The molecule has 0 radical (unpaired) electrons. The van der Waals surface area contributed by atoms with E-state index >= 15 is 0 Å². The number of hydrogen-bond acceptors (Lipinski definition) is 2. The lowest BCUT2D eigenvalue weighted by molar-refractivity contribution is 0.264. The Labute approximate surface area is 106 Å². The third-order valence-corrected chi connectivity index (χ3v) is 2.55. The molecule has 0 aliphatic carbocycles. The van der Waals surface area contributed by atoms with Crippen molar-refractivity contribution in [2.45, 2.75) is 19.9 Å². The number of benzene rings is 1. The Bertz CT molecular complexity index is 384. The van der Waals surface area contributed by atoms with Crippen molar-refractivity contribution in [1.82, 2.24) is 5.32 Å². The number of aliphatic hydroxyl groups excluding tert-OH is 1. The molecule has 0 saturated carbocycles. The lowest BCUT2D eigenvalue weighted by Crippen LogP contribution is -2.38. The zero-order valence-electron chi connectivity index (χ0n) is 9.25. The summed E-state index contributed by atoms with van der Waals surface area (Å²) in [6.07, 6.45) is 0. The first-order chi connectivity index (χ1) is 7.52. The van der Waals surface area contributed by atoms with Crippen LogP contribution in [-0.2, 0) is 0 Å². The molecular weight excluding hydrogens is 244 g/mol. The molecule has 5 heteroatoms. The van der Waals surface area contributed by atoms with Gasteiger partial charge in [0, 0.05) is 16.8 Å². The molecule has 1 aromatic rings. The highest BCUT2D eigenvalue weighted by atomic mass is 35.5. The van der Waals surface area contributed by atoms with Gasteiger partial charge in [-0.3, -0.25) is 0 Å². The molecule has 0 aliphatic heterocycles. The van der Waals surface area contributed by atoms with E-state index < -0.39 is 0 Å². The fraction of sp³-hybridized carbons (Fsp3) is 0.364. The summed E-state index contributed by atoms with van der Waals surface area (Å²) in [5.74, 6) is 0. The third kappa shape index (κ3) is 3.96. The molecule has 16 heavy (non-hydrogen) atoms. The van der Waals surface area contributed by atoms with Gasteiger partial charge in [0.1, 0.15) is 0 Å². The molecule has 0 aromatic heterocycles. The number of aryl methyl sites for hydroxylation is 1. The van der Waals surface area contributed by atoms with Gasteiger partial charge in [0.2, 0.25) is 0 Å². The Morgan fingerprint density at radius 2 is 2.25 bits per heavy atom. The maximum Gasteiger partial charge on any atom is 0.171 e. The topological polar surface area (TPSA) is 44.3 Å². The van der Waals surface area contributed by atoms with Gasteiger partial charge in [-0.2, -0.15) is 0 Å². The molecule has 1 rings (SSSR count). The molecule has 0 spiro atoms. The molecule has 0 bridgehead atoms. The maximum absolute atomic E-state index is 8.88. The predicted molar refractivity (Wildman–Crippen MR) is 72.1 cm³/mol. The van der Waals surface area contributed by atoms with Gasteiger partial charge in [0.05, 0.1) is 6.61 Å². The normalized spacial score (nSPS) is 12.0. The number of hydrogen-bond donors (Lipinski definition) is 3. The summed E-state index contributed by atoms with van der Waals surface area (Å²) >= 11 is 11.0. The van der Waals surface area contributed by atoms with Crippen molar-refractivity contribution in [2.75, 3.05) is 11.9 Å². The second-order valence-electron chi connectivity index (χ2n) is 3.64. The lowest BCUT2D eigenvalue weighted by Gasteiger charge is -2.16. The number of aliphatic hydroxyl groups is 1. The van der Waals surface area contributed by atoms with Crippen LogP contribution in [0.4, 0.5) is 5.69 Å². The maximum atomic E-state index is 8.88. The molecule has 1 aromatic carbocycles. The second kappa shape index (κ2) is 6.03. The summed E-state index contributed by atoms with van der Waals surface area (Å²) in [5, 5.41) is 16.0. The summed E-state index contributed by atoms with van der Waals surface area (Å²) in [6.45, 7) is 3.85. The molecule has 0 heterocycles. The Morgan fingerprint density at radius 3 is 2.88 bits per heavy atom. The van der Waals surface area contributed by atoms with Crippen molar-refractivity contribution in [2.24, 2.45) is 0 Å². The van der Waals surface area contributed by atoms with Crippen LogP contribution in [0.3, 0.4) is 0 Å². The fourth-order valence-electron chi connectivity index (χ4n) is 1.16. The number of anilines is 1. The second-order valence-corrected chi connectivity index (χ2v) is 4.49. The quantitative estimate of drug-likeness (QED) is 0.728. The minimum Gasteiger partial charge on any atom is -0.394 e. The SMILES string of the molecule is Cc1ccc(Cl)cc1NC(=S)N[C@H](C)CO. The van der Waals surface area contributed by atoms with Gasteiger partial charge in [-0.1, -0.05) is 17.7 Å². The zero-order valence-corrected chi connectivity index (χ0v) is 10.8. The van der Waals surface area contributed by atoms with Crippen LogP contribution < -0.4 is 10.6 Å². The fourth-order valence-corrected chi connectivity index (χ4v) is 1.64. The van der Waals surface area contributed by atoms with Crippen molar-refractivity contribution in [3.8, 4) is 0 Å². The van der Waals surface area contributed by atoms with E-state index in [4.69, 9.17) is 28.9 Å². The first kappa shape index (κ1) is 13.2. The molecule has 0 saturated heterocycles. The zero-order chi connectivity index (χ0) is 12.1. The summed E-state index contributed by atoms with van der Waals surface area (Å²) < 4.78 is 0. The molecule has 88 valence electrons. The number of halogens is 1. The van der Waals surface area contributed by atoms with Gasteiger partial charge in [0.25, 0.3) is 0 Å². The third-order valence-electron chi connectivity index (χ3n) is 2.10. The van der Waals surface area contributed by atoms with Crippen molar-refractivity contribution >= 4 is 34.6 Å². The van der Waals surface area contributed by atoms with Crippen LogP contribution in [0.2, 0.25) is 5.02 Å². The van der Waals surface area contributed by atoms with E-state index in [1.165, 1.54) is 0 Å². The molecule has 0 aliphatic rings. The van der Waals surface area contributed by atoms with Crippen LogP contribution in [-0.4, -0.2) is 22.9 Å². The van der Waals surface area contributed by atoms with Gasteiger partial charge >= 0.3 is 0 Å². The molecule has 0 unspecified atom stereocenters. The van der Waals surface area contributed by atoms with Crippen LogP contribution in [0.25, 0.3) is 0 Å². The van der Waals surface area contributed by atoms with E-state index in [9.17, 15) is 0 Å². The van der Waals surface area contributed by atoms with E-state index in [2.05, 4.69) is 10.6 Å². The van der Waals surface area contributed by atoms with Crippen LogP contribution in [0.1, 0.15) is 12.5 Å². The minimum atomic E-state index is -0.0699. The van der Waals surface area contributed by atoms with Gasteiger partial charge in [-0.25, -0.2) is 0 Å². The Hall–Kier alpha value is -0.840. The molecule has 0 fully saturated rings. The highest BCUT2D eigenvalue weighted by Gasteiger charge is 2.04. The monoisotopic (exact) mass is 258 g/mol. The van der Waals surface area contributed by atoms with Crippen LogP contribution in [0.15, 0.2) is 18.2 Å². The molecule has 3 N–H and O–H groups in total. The Morgan fingerprint density at radius 1 is 1.56 bits per heavy atom. The largest absolute Gasteiger partial charge is 0.394 e. The van der Waals surface area contributed by atoms with E-state index in [0.29, 0.717) is 10.1 Å². The van der Waals surface area contributed by atoms with Gasteiger partial charge < -0.3 is 15.7 Å². The highest BCUT2D eigenvalue weighted by molar-refractivity contribution is 7.80. The van der Waals surface area contributed by atoms with Crippen molar-refractivity contribution in [3.05, 3.63) is 28.8 Å². The van der Waals surface area contributed by atoms with E-state index in [0.717, 1.165) is 11.3 Å². The molecule has 1 atom stereocenters. The minimum absolute atomic E-state index is 0.0380. The van der Waals surface area contributed by atoms with Gasteiger partial charge in [0.15, 0.2) is 5.11 Å². The first-order valence-corrected chi connectivity index (χ1v) is 5.76. The van der Waals surface area contributed by atoms with E-state index in [1.807, 2.05) is 32.0 Å². The van der Waals surface area contributed by atoms with E-state index in [-0.39, 0.29) is 12.6 Å². The van der Waals surface area contributed by atoms with Gasteiger partial charge in [-0.05, 0) is 43.8 Å². The summed E-state index contributed by atoms with van der Waals surface area (Å²) in [6, 6.07) is 5.49. The van der Waals surface area contributed by atoms with E-state index in [1.54, 1.807) is 0 Å².